The van der Waals surface area contributed by atoms with E-state index in [1.807, 2.05) is 12.3 Å². The molecule has 25 heavy (non-hydrogen) atoms. The molecule has 0 amide bonds. The average molecular weight is 329 g/mol. The zero-order chi connectivity index (χ0) is 17.2. The third-order valence-corrected chi connectivity index (χ3v) is 4.91. The van der Waals surface area contributed by atoms with Crippen molar-refractivity contribution >= 4 is 21.8 Å². The second kappa shape index (κ2) is 6.69. The number of aryl methyl sites for hydroxylation is 1. The first kappa shape index (κ1) is 15.9. The summed E-state index contributed by atoms with van der Waals surface area (Å²) in [6.07, 6.45) is 2.01. The maximum Gasteiger partial charge on any atom is 0.0702 e. The van der Waals surface area contributed by atoms with Crippen LogP contribution in [0.2, 0.25) is 0 Å². The molecule has 0 atom stereocenters. The maximum atomic E-state index is 4.60. The molecule has 1 N–H and O–H groups in total. The van der Waals surface area contributed by atoms with E-state index < -0.39 is 0 Å². The Morgan fingerprint density at radius 1 is 1.00 bits per heavy atom. The molecule has 0 saturated heterocycles. The predicted molar refractivity (Wildman–Crippen MR) is 105 cm³/mol. The molecule has 0 saturated carbocycles. The molecule has 126 valence electrons. The van der Waals surface area contributed by atoms with Crippen LogP contribution in [0.25, 0.3) is 21.8 Å². The van der Waals surface area contributed by atoms with Crippen LogP contribution in [0.4, 0.5) is 0 Å². The molecule has 0 spiro atoms. The van der Waals surface area contributed by atoms with E-state index in [9.17, 15) is 0 Å². The Morgan fingerprint density at radius 2 is 1.80 bits per heavy atom. The van der Waals surface area contributed by atoms with E-state index >= 15 is 0 Å². The van der Waals surface area contributed by atoms with Gasteiger partial charge in [-0.3, -0.25) is 9.88 Å². The number of aromatic amines is 1. The average Bonchev–Trinajstić information content (AvgIpc) is 2.96. The van der Waals surface area contributed by atoms with Crippen molar-refractivity contribution in [3.05, 3.63) is 77.6 Å². The molecule has 2 aromatic carbocycles. The Hall–Kier alpha value is -2.65. The van der Waals surface area contributed by atoms with Crippen molar-refractivity contribution in [3.63, 3.8) is 0 Å². The fourth-order valence-electron chi connectivity index (χ4n) is 3.50. The molecule has 0 bridgehead atoms. The van der Waals surface area contributed by atoms with E-state index in [1.54, 1.807) is 0 Å². The van der Waals surface area contributed by atoms with Crippen molar-refractivity contribution in [3.8, 4) is 0 Å². The number of aromatic nitrogens is 2. The molecule has 3 heteroatoms. The number of para-hydroxylation sites is 2. The van der Waals surface area contributed by atoms with Gasteiger partial charge in [-0.05, 0) is 42.8 Å². The highest BCUT2D eigenvalue weighted by atomic mass is 15.1. The number of benzene rings is 2. The molecule has 0 aliphatic carbocycles. The van der Waals surface area contributed by atoms with Gasteiger partial charge in [0, 0.05) is 41.3 Å². The Labute approximate surface area is 148 Å². The fourth-order valence-corrected chi connectivity index (χ4v) is 3.50. The highest BCUT2D eigenvalue weighted by molar-refractivity contribution is 5.84. The van der Waals surface area contributed by atoms with E-state index in [-0.39, 0.29) is 0 Å². The quantitative estimate of drug-likeness (QED) is 0.556. The molecule has 4 rings (SSSR count). The first-order valence-electron chi connectivity index (χ1n) is 8.87. The summed E-state index contributed by atoms with van der Waals surface area (Å²) < 4.78 is 0. The second-order valence-corrected chi connectivity index (χ2v) is 6.61. The normalized spacial score (nSPS) is 11.6. The molecule has 2 heterocycles. The molecule has 0 aliphatic rings. The number of H-pyrrole nitrogens is 1. The van der Waals surface area contributed by atoms with Gasteiger partial charge in [0.25, 0.3) is 0 Å². The third kappa shape index (κ3) is 3.15. The van der Waals surface area contributed by atoms with Crippen molar-refractivity contribution < 1.29 is 0 Å². The van der Waals surface area contributed by atoms with Gasteiger partial charge in [0.1, 0.15) is 0 Å². The molecular weight excluding hydrogens is 306 g/mol. The van der Waals surface area contributed by atoms with Gasteiger partial charge < -0.3 is 4.98 Å². The summed E-state index contributed by atoms with van der Waals surface area (Å²) >= 11 is 0. The first-order valence-corrected chi connectivity index (χ1v) is 8.87. The summed E-state index contributed by atoms with van der Waals surface area (Å²) in [5, 5.41) is 2.54. The van der Waals surface area contributed by atoms with Crippen LogP contribution in [0.5, 0.6) is 0 Å². The van der Waals surface area contributed by atoms with Crippen LogP contribution < -0.4 is 0 Å². The number of hydrogen-bond acceptors (Lipinski definition) is 2. The SMILES string of the molecule is CCN(Cc1cnc2ccccc2c1)Cc1c(C)[nH]c2ccccc12. The lowest BCUT2D eigenvalue weighted by atomic mass is 10.1. The van der Waals surface area contributed by atoms with Gasteiger partial charge in [0.05, 0.1) is 5.52 Å². The van der Waals surface area contributed by atoms with Crippen molar-refractivity contribution in [2.24, 2.45) is 0 Å². The van der Waals surface area contributed by atoms with Crippen LogP contribution >= 0.6 is 0 Å². The molecule has 3 nitrogen and oxygen atoms in total. The van der Waals surface area contributed by atoms with Gasteiger partial charge >= 0.3 is 0 Å². The number of nitrogens with zero attached hydrogens (tertiary/aromatic N) is 2. The lowest BCUT2D eigenvalue weighted by Gasteiger charge is -2.21. The van der Waals surface area contributed by atoms with Crippen LogP contribution in [0.1, 0.15) is 23.7 Å². The van der Waals surface area contributed by atoms with E-state index in [2.05, 4.69) is 77.2 Å². The Bertz CT molecular complexity index is 1020. The lowest BCUT2D eigenvalue weighted by molar-refractivity contribution is 0.271. The van der Waals surface area contributed by atoms with Crippen molar-refractivity contribution in [1.29, 1.82) is 0 Å². The summed E-state index contributed by atoms with van der Waals surface area (Å²) in [4.78, 5) is 10.6. The van der Waals surface area contributed by atoms with E-state index in [4.69, 9.17) is 0 Å². The molecule has 0 radical (unpaired) electrons. The zero-order valence-electron chi connectivity index (χ0n) is 14.8. The van der Waals surface area contributed by atoms with Gasteiger partial charge in [-0.2, -0.15) is 0 Å². The minimum atomic E-state index is 0.910. The Balaban J connectivity index is 1.60. The lowest BCUT2D eigenvalue weighted by Crippen LogP contribution is -2.22. The van der Waals surface area contributed by atoms with Crippen LogP contribution in [0.15, 0.2) is 60.8 Å². The smallest absolute Gasteiger partial charge is 0.0702 e. The summed E-state index contributed by atoms with van der Waals surface area (Å²) in [5.74, 6) is 0. The van der Waals surface area contributed by atoms with Crippen molar-refractivity contribution in [2.75, 3.05) is 6.54 Å². The topological polar surface area (TPSA) is 31.9 Å². The molecule has 0 aliphatic heterocycles. The first-order chi connectivity index (χ1) is 12.2. The summed E-state index contributed by atoms with van der Waals surface area (Å²) in [7, 11) is 0. The molecule has 0 fully saturated rings. The predicted octanol–water partition coefficient (Wildman–Crippen LogP) is 5.05. The number of fused-ring (bicyclic) bond motifs is 2. The number of hydrogen-bond donors (Lipinski definition) is 1. The minimum Gasteiger partial charge on any atom is -0.358 e. The largest absolute Gasteiger partial charge is 0.358 e. The van der Waals surface area contributed by atoms with Crippen molar-refractivity contribution in [2.45, 2.75) is 26.9 Å². The van der Waals surface area contributed by atoms with Gasteiger partial charge in [-0.15, -0.1) is 0 Å². The Morgan fingerprint density at radius 3 is 2.68 bits per heavy atom. The number of nitrogens with one attached hydrogen (secondary N) is 1. The maximum absolute atomic E-state index is 4.60. The molecular formula is C22H23N3. The summed E-state index contributed by atoms with van der Waals surface area (Å²) in [6, 6.07) is 19.1. The number of pyridine rings is 1. The summed E-state index contributed by atoms with van der Waals surface area (Å²) in [6.45, 7) is 7.25. The van der Waals surface area contributed by atoms with Gasteiger partial charge in [0.15, 0.2) is 0 Å². The fraction of sp³-hybridized carbons (Fsp3) is 0.227. The van der Waals surface area contributed by atoms with Gasteiger partial charge in [-0.1, -0.05) is 43.3 Å². The number of rotatable bonds is 5. The van der Waals surface area contributed by atoms with Crippen LogP contribution in [-0.4, -0.2) is 21.4 Å². The monoisotopic (exact) mass is 329 g/mol. The van der Waals surface area contributed by atoms with Crippen molar-refractivity contribution in [1.82, 2.24) is 14.9 Å². The highest BCUT2D eigenvalue weighted by Crippen LogP contribution is 2.24. The van der Waals surface area contributed by atoms with Crippen LogP contribution in [0.3, 0.4) is 0 Å². The van der Waals surface area contributed by atoms with Crippen LogP contribution in [0, 0.1) is 6.92 Å². The second-order valence-electron chi connectivity index (χ2n) is 6.61. The standard InChI is InChI=1S/C22H23N3/c1-3-25(14-17-12-18-8-4-6-10-21(18)23-13-17)15-20-16(2)24-22-11-7-5-9-19(20)22/h4-13,24H,3,14-15H2,1-2H3. The van der Waals surface area contributed by atoms with Gasteiger partial charge in [-0.25, -0.2) is 0 Å². The third-order valence-electron chi connectivity index (χ3n) is 4.91. The molecule has 2 aromatic heterocycles. The molecule has 0 unspecified atom stereocenters. The minimum absolute atomic E-state index is 0.910. The van der Waals surface area contributed by atoms with E-state index in [1.165, 1.54) is 33.1 Å². The Kier molecular flexibility index (Phi) is 4.24. The van der Waals surface area contributed by atoms with E-state index in [0.29, 0.717) is 0 Å². The highest BCUT2D eigenvalue weighted by Gasteiger charge is 2.12. The van der Waals surface area contributed by atoms with Gasteiger partial charge in [0.2, 0.25) is 0 Å². The van der Waals surface area contributed by atoms with Crippen LogP contribution in [-0.2, 0) is 13.1 Å². The zero-order valence-corrected chi connectivity index (χ0v) is 14.8. The molecule has 4 aromatic rings. The van der Waals surface area contributed by atoms with E-state index in [0.717, 1.165) is 25.2 Å². The summed E-state index contributed by atoms with van der Waals surface area (Å²) in [5.41, 5.74) is 6.20.